The second-order valence-electron chi connectivity index (χ2n) is 5.18. The van der Waals surface area contributed by atoms with E-state index in [9.17, 15) is 4.79 Å². The Morgan fingerprint density at radius 1 is 1.14 bits per heavy atom. The maximum absolute atomic E-state index is 11.6. The molecule has 1 unspecified atom stereocenters. The van der Waals surface area contributed by atoms with Crippen LogP contribution in [0.15, 0.2) is 22.8 Å². The van der Waals surface area contributed by atoms with Crippen LogP contribution in [0.4, 0.5) is 0 Å². The van der Waals surface area contributed by atoms with Gasteiger partial charge < -0.3 is 14.8 Å². The number of allylic oxidation sites excluding steroid dienone is 2. The van der Waals surface area contributed by atoms with E-state index in [0.717, 1.165) is 37.0 Å². The first-order valence-electron chi connectivity index (χ1n) is 7.66. The van der Waals surface area contributed by atoms with Crippen LogP contribution in [-0.2, 0) is 14.3 Å². The highest BCUT2D eigenvalue weighted by Gasteiger charge is 2.19. The third-order valence-electron chi connectivity index (χ3n) is 3.91. The Bertz CT molecular complexity index is 391. The van der Waals surface area contributed by atoms with E-state index >= 15 is 0 Å². The smallest absolute Gasteiger partial charge is 0.193 e. The second-order valence-corrected chi connectivity index (χ2v) is 5.18. The molecule has 122 valence electrons. The Kier molecular flexibility index (Phi) is 9.59. The van der Waals surface area contributed by atoms with Crippen LogP contribution in [0.3, 0.4) is 0 Å². The van der Waals surface area contributed by atoms with Gasteiger partial charge in [-0.2, -0.15) is 0 Å². The molecule has 0 aromatic heterocycles. The van der Waals surface area contributed by atoms with Gasteiger partial charge in [0.05, 0.1) is 19.8 Å². The van der Waals surface area contributed by atoms with E-state index in [0.29, 0.717) is 5.88 Å². The Morgan fingerprint density at radius 3 is 2.10 bits per heavy atom. The van der Waals surface area contributed by atoms with Gasteiger partial charge in [-0.15, -0.1) is 0 Å². The zero-order valence-electron chi connectivity index (χ0n) is 14.6. The summed E-state index contributed by atoms with van der Waals surface area (Å²) < 4.78 is 11.0. The molecule has 0 aliphatic carbocycles. The first-order chi connectivity index (χ1) is 9.96. The Labute approximate surface area is 129 Å². The molecular formula is C17H31NO3. The van der Waals surface area contributed by atoms with Crippen molar-refractivity contribution < 1.29 is 14.3 Å². The number of rotatable bonds is 10. The molecule has 1 N–H and O–H groups in total. The summed E-state index contributed by atoms with van der Waals surface area (Å²) in [7, 11) is 5.15. The average molecular weight is 297 g/mol. The number of ether oxygens (including phenoxy) is 2. The Hall–Kier alpha value is -1.45. The molecule has 0 aromatic carbocycles. The molecule has 21 heavy (non-hydrogen) atoms. The van der Waals surface area contributed by atoms with Crippen LogP contribution in [-0.4, -0.2) is 27.1 Å². The number of hydrogen-bond acceptors (Lipinski definition) is 4. The van der Waals surface area contributed by atoms with Crippen LogP contribution in [0.25, 0.3) is 0 Å². The number of carbonyl (C=O) groups is 1. The number of hydrogen-bond donors (Lipinski definition) is 1. The standard InChI is InChI=1S/C17H31NO3/c1-8-12(3)16(20-6)15(17(18-5)21-7)11-10-14(9-2)13(4)19/h14,18H,8-11H2,1-7H3/b16-12+,17-15+. The van der Waals surface area contributed by atoms with Crippen molar-refractivity contribution in [2.24, 2.45) is 5.92 Å². The van der Waals surface area contributed by atoms with Gasteiger partial charge in [-0.1, -0.05) is 13.8 Å². The predicted octanol–water partition coefficient (Wildman–Crippen LogP) is 3.79. The topological polar surface area (TPSA) is 47.6 Å². The van der Waals surface area contributed by atoms with Gasteiger partial charge in [0.1, 0.15) is 11.5 Å². The lowest BCUT2D eigenvalue weighted by atomic mass is 9.92. The van der Waals surface area contributed by atoms with Gasteiger partial charge >= 0.3 is 0 Å². The van der Waals surface area contributed by atoms with Crippen molar-refractivity contribution in [2.45, 2.75) is 53.4 Å². The van der Waals surface area contributed by atoms with Gasteiger partial charge in [0.2, 0.25) is 0 Å². The molecule has 4 nitrogen and oxygen atoms in total. The van der Waals surface area contributed by atoms with Crippen LogP contribution < -0.4 is 5.32 Å². The molecule has 0 aliphatic rings. The molecule has 4 heteroatoms. The fraction of sp³-hybridized carbons (Fsp3) is 0.706. The lowest BCUT2D eigenvalue weighted by Gasteiger charge is -2.20. The second kappa shape index (κ2) is 10.3. The van der Waals surface area contributed by atoms with E-state index in [4.69, 9.17) is 9.47 Å². The van der Waals surface area contributed by atoms with Gasteiger partial charge in [0.25, 0.3) is 0 Å². The van der Waals surface area contributed by atoms with Gasteiger partial charge in [-0.3, -0.25) is 4.79 Å². The fourth-order valence-corrected chi connectivity index (χ4v) is 2.44. The van der Waals surface area contributed by atoms with E-state index < -0.39 is 0 Å². The SMILES string of the molecule is CC/C(C)=C(OC)\C(CCC(CC)C(C)=O)=C(/NC)OC. The monoisotopic (exact) mass is 297 g/mol. The minimum atomic E-state index is 0.0926. The van der Waals surface area contributed by atoms with Crippen LogP contribution in [0.1, 0.15) is 53.4 Å². The lowest BCUT2D eigenvalue weighted by Crippen LogP contribution is -2.16. The largest absolute Gasteiger partial charge is 0.496 e. The molecule has 0 radical (unpaired) electrons. The van der Waals surface area contributed by atoms with Gasteiger partial charge in [-0.25, -0.2) is 0 Å². The van der Waals surface area contributed by atoms with Crippen molar-refractivity contribution in [1.82, 2.24) is 5.32 Å². The molecule has 0 spiro atoms. The number of methoxy groups -OCH3 is 2. The molecule has 0 saturated carbocycles. The van der Waals surface area contributed by atoms with Crippen molar-refractivity contribution in [2.75, 3.05) is 21.3 Å². The molecule has 0 amide bonds. The molecular weight excluding hydrogens is 266 g/mol. The zero-order chi connectivity index (χ0) is 16.4. The summed E-state index contributed by atoms with van der Waals surface area (Å²) in [6.07, 6.45) is 3.34. The van der Waals surface area contributed by atoms with Crippen LogP contribution in [0.2, 0.25) is 0 Å². The van der Waals surface area contributed by atoms with E-state index in [1.54, 1.807) is 21.1 Å². The summed E-state index contributed by atoms with van der Waals surface area (Å²) in [5, 5.41) is 3.07. The number of Topliss-reactive ketones (excluding diaryl/α,β-unsaturated/α-hetero) is 1. The molecule has 0 aromatic rings. The summed E-state index contributed by atoms with van der Waals surface area (Å²) in [6.45, 7) is 7.87. The van der Waals surface area contributed by atoms with Crippen molar-refractivity contribution >= 4 is 5.78 Å². The summed E-state index contributed by atoms with van der Waals surface area (Å²) >= 11 is 0. The van der Waals surface area contributed by atoms with E-state index in [-0.39, 0.29) is 11.7 Å². The number of ketones is 1. The van der Waals surface area contributed by atoms with Crippen molar-refractivity contribution in [3.8, 4) is 0 Å². The third kappa shape index (κ3) is 5.82. The first kappa shape index (κ1) is 19.6. The molecule has 0 bridgehead atoms. The average Bonchev–Trinajstić information content (AvgIpc) is 2.48. The summed E-state index contributed by atoms with van der Waals surface area (Å²) in [5.74, 6) is 1.91. The third-order valence-corrected chi connectivity index (χ3v) is 3.91. The van der Waals surface area contributed by atoms with Crippen molar-refractivity contribution in [1.29, 1.82) is 0 Å². The molecule has 0 aliphatic heterocycles. The van der Waals surface area contributed by atoms with Gasteiger partial charge in [0.15, 0.2) is 5.88 Å². The van der Waals surface area contributed by atoms with Crippen molar-refractivity contribution in [3.05, 3.63) is 22.8 Å². The molecule has 1 atom stereocenters. The fourth-order valence-electron chi connectivity index (χ4n) is 2.44. The highest BCUT2D eigenvalue weighted by molar-refractivity contribution is 5.78. The Balaban J connectivity index is 5.47. The molecule has 0 fully saturated rings. The van der Waals surface area contributed by atoms with E-state index in [1.165, 1.54) is 5.57 Å². The minimum Gasteiger partial charge on any atom is -0.496 e. The highest BCUT2D eigenvalue weighted by Crippen LogP contribution is 2.27. The maximum atomic E-state index is 11.6. The number of nitrogens with one attached hydrogen (secondary N) is 1. The molecule has 0 rings (SSSR count). The molecule has 0 saturated heterocycles. The van der Waals surface area contributed by atoms with Gasteiger partial charge in [-0.05, 0) is 45.1 Å². The highest BCUT2D eigenvalue weighted by atomic mass is 16.5. The zero-order valence-corrected chi connectivity index (χ0v) is 14.6. The Morgan fingerprint density at radius 2 is 1.76 bits per heavy atom. The molecule has 0 heterocycles. The van der Waals surface area contributed by atoms with Crippen LogP contribution in [0.5, 0.6) is 0 Å². The minimum absolute atomic E-state index is 0.0926. The predicted molar refractivity (Wildman–Crippen MR) is 86.8 cm³/mol. The maximum Gasteiger partial charge on any atom is 0.193 e. The van der Waals surface area contributed by atoms with Crippen LogP contribution in [0, 0.1) is 5.92 Å². The summed E-state index contributed by atoms with van der Waals surface area (Å²) in [5.41, 5.74) is 2.18. The lowest BCUT2D eigenvalue weighted by molar-refractivity contribution is -0.121. The number of carbonyl (C=O) groups excluding carboxylic acids is 1. The van der Waals surface area contributed by atoms with E-state index in [1.807, 2.05) is 7.05 Å². The van der Waals surface area contributed by atoms with Crippen molar-refractivity contribution in [3.63, 3.8) is 0 Å². The summed E-state index contributed by atoms with van der Waals surface area (Å²) in [4.78, 5) is 11.6. The normalized spacial score (nSPS) is 14.8. The quantitative estimate of drug-likeness (QED) is 0.492. The first-order valence-corrected chi connectivity index (χ1v) is 7.66. The van der Waals surface area contributed by atoms with Gasteiger partial charge in [0, 0.05) is 13.0 Å². The summed E-state index contributed by atoms with van der Waals surface area (Å²) in [6, 6.07) is 0. The van der Waals surface area contributed by atoms with E-state index in [2.05, 4.69) is 26.1 Å². The van der Waals surface area contributed by atoms with Crippen LogP contribution >= 0.6 is 0 Å².